The maximum atomic E-state index is 12.6. The Morgan fingerprint density at radius 3 is 2.67 bits per heavy atom. The van der Waals surface area contributed by atoms with Gasteiger partial charge in [0.2, 0.25) is 5.91 Å². The van der Waals surface area contributed by atoms with Crippen molar-refractivity contribution in [1.82, 2.24) is 20.1 Å². The monoisotopic (exact) mass is 484 g/mol. The first-order chi connectivity index (χ1) is 14.6. The minimum absolute atomic E-state index is 0.0354. The van der Waals surface area contributed by atoms with E-state index in [4.69, 9.17) is 0 Å². The number of nitrogens with zero attached hydrogens (tertiary/aromatic N) is 3. The average Bonchev–Trinajstić information content (AvgIpc) is 3.06. The zero-order valence-corrected chi connectivity index (χ0v) is 19.4. The fraction of sp³-hybridized carbons (Fsp3) is 0.348. The number of carbonyl (C=O) groups is 1. The van der Waals surface area contributed by atoms with Gasteiger partial charge in [-0.05, 0) is 43.0 Å². The van der Waals surface area contributed by atoms with Crippen LogP contribution in [0.1, 0.15) is 36.2 Å². The molecule has 156 valence electrons. The summed E-state index contributed by atoms with van der Waals surface area (Å²) in [5, 5.41) is 12.4. The zero-order chi connectivity index (χ0) is 21.0. The van der Waals surface area contributed by atoms with E-state index in [9.17, 15) is 4.79 Å². The Morgan fingerprint density at radius 2 is 1.97 bits per heavy atom. The van der Waals surface area contributed by atoms with Crippen LogP contribution in [0.3, 0.4) is 0 Å². The van der Waals surface area contributed by atoms with Crippen molar-refractivity contribution in [3.8, 4) is 0 Å². The van der Waals surface area contributed by atoms with Gasteiger partial charge in [0.25, 0.3) is 0 Å². The molecular weight excluding hydrogens is 460 g/mol. The van der Waals surface area contributed by atoms with Crippen LogP contribution < -0.4 is 5.32 Å². The Bertz CT molecular complexity index is 1020. The highest BCUT2D eigenvalue weighted by atomic mass is 79.9. The Labute approximate surface area is 189 Å². The summed E-state index contributed by atoms with van der Waals surface area (Å²) in [5.41, 5.74) is 2.55. The van der Waals surface area contributed by atoms with Crippen LogP contribution >= 0.6 is 27.7 Å². The van der Waals surface area contributed by atoms with Gasteiger partial charge in [-0.2, -0.15) is 0 Å². The van der Waals surface area contributed by atoms with Crippen LogP contribution in [0.5, 0.6) is 0 Å². The van der Waals surface area contributed by atoms with E-state index in [2.05, 4.69) is 66.3 Å². The molecule has 3 aromatic rings. The summed E-state index contributed by atoms with van der Waals surface area (Å²) in [6, 6.07) is 18.7. The molecule has 0 unspecified atom stereocenters. The van der Waals surface area contributed by atoms with Gasteiger partial charge in [-0.15, -0.1) is 10.2 Å². The smallest absolute Gasteiger partial charge is 0.230 e. The van der Waals surface area contributed by atoms with Crippen molar-refractivity contribution in [3.05, 3.63) is 76.0 Å². The van der Waals surface area contributed by atoms with Gasteiger partial charge in [0, 0.05) is 16.4 Å². The van der Waals surface area contributed by atoms with Crippen LogP contribution in [-0.2, 0) is 16.8 Å². The predicted octanol–water partition coefficient (Wildman–Crippen LogP) is 4.73. The second-order valence-corrected chi connectivity index (χ2v) is 9.67. The maximum absolute atomic E-state index is 12.6. The molecule has 1 aliphatic carbocycles. The lowest BCUT2D eigenvalue weighted by atomic mass is 9.64. The molecular formula is C23H25BrN4OS. The molecule has 1 aliphatic rings. The third-order valence-corrected chi connectivity index (χ3v) is 7.25. The lowest BCUT2D eigenvalue weighted by Gasteiger charge is -2.42. The molecule has 0 radical (unpaired) electrons. The summed E-state index contributed by atoms with van der Waals surface area (Å²) in [5.74, 6) is 1.22. The van der Waals surface area contributed by atoms with Gasteiger partial charge in [-0.3, -0.25) is 4.79 Å². The van der Waals surface area contributed by atoms with Crippen LogP contribution in [0.2, 0.25) is 0 Å². The van der Waals surface area contributed by atoms with Crippen LogP contribution in [0.15, 0.2) is 64.2 Å². The van der Waals surface area contributed by atoms with Gasteiger partial charge in [-0.25, -0.2) is 0 Å². The molecule has 1 aromatic heterocycles. The molecule has 7 heteroatoms. The molecule has 0 aliphatic heterocycles. The number of hydrogen-bond acceptors (Lipinski definition) is 4. The number of thioether (sulfide) groups is 1. The minimum Gasteiger partial charge on any atom is -0.354 e. The molecule has 4 rings (SSSR count). The molecule has 1 amide bonds. The standard InChI is InChI=1S/C23H25BrN4OS/c1-17-26-27-22(28(17)14-18-7-3-2-4-8-18)30-15-21(29)25-16-23(11-6-12-23)19-9-5-10-20(24)13-19/h2-5,7-10,13H,6,11-12,14-16H2,1H3,(H,25,29). The maximum Gasteiger partial charge on any atom is 0.230 e. The van der Waals surface area contributed by atoms with E-state index in [1.54, 1.807) is 0 Å². The number of aromatic nitrogens is 3. The predicted molar refractivity (Wildman–Crippen MR) is 124 cm³/mol. The van der Waals surface area contributed by atoms with E-state index in [1.807, 2.05) is 31.2 Å². The Balaban J connectivity index is 1.34. The van der Waals surface area contributed by atoms with Crippen molar-refractivity contribution in [2.45, 2.75) is 43.3 Å². The van der Waals surface area contributed by atoms with Gasteiger partial charge >= 0.3 is 0 Å². The second-order valence-electron chi connectivity index (χ2n) is 7.81. The third kappa shape index (κ3) is 4.78. The zero-order valence-electron chi connectivity index (χ0n) is 17.0. The molecule has 0 atom stereocenters. The Hall–Kier alpha value is -2.12. The van der Waals surface area contributed by atoms with E-state index < -0.39 is 0 Å². The molecule has 0 bridgehead atoms. The van der Waals surface area contributed by atoms with Crippen molar-refractivity contribution in [3.63, 3.8) is 0 Å². The molecule has 1 fully saturated rings. The summed E-state index contributed by atoms with van der Waals surface area (Å²) in [6.07, 6.45) is 3.43. The van der Waals surface area contributed by atoms with Gasteiger partial charge in [0.15, 0.2) is 5.16 Å². The number of nitrogens with one attached hydrogen (secondary N) is 1. The molecule has 1 N–H and O–H groups in total. The van der Waals surface area contributed by atoms with Gasteiger partial charge in [0.05, 0.1) is 12.3 Å². The van der Waals surface area contributed by atoms with Gasteiger partial charge < -0.3 is 9.88 Å². The summed E-state index contributed by atoms with van der Waals surface area (Å²) < 4.78 is 3.14. The summed E-state index contributed by atoms with van der Waals surface area (Å²) in [7, 11) is 0. The molecule has 5 nitrogen and oxygen atoms in total. The molecule has 30 heavy (non-hydrogen) atoms. The van der Waals surface area contributed by atoms with Crippen LogP contribution in [0.25, 0.3) is 0 Å². The van der Waals surface area contributed by atoms with Crippen molar-refractivity contribution in [1.29, 1.82) is 0 Å². The summed E-state index contributed by atoms with van der Waals surface area (Å²) >= 11 is 5.00. The average molecular weight is 485 g/mol. The summed E-state index contributed by atoms with van der Waals surface area (Å²) in [6.45, 7) is 3.33. The topological polar surface area (TPSA) is 59.8 Å². The molecule has 0 spiro atoms. The van der Waals surface area contributed by atoms with E-state index in [0.717, 1.165) is 28.3 Å². The van der Waals surface area contributed by atoms with Crippen molar-refractivity contribution >= 4 is 33.6 Å². The first kappa shape index (κ1) is 21.1. The SMILES string of the molecule is Cc1nnc(SCC(=O)NCC2(c3cccc(Br)c3)CCC2)n1Cc1ccccc1. The number of carbonyl (C=O) groups excluding carboxylic acids is 1. The number of halogens is 1. The normalized spacial score (nSPS) is 14.9. The van der Waals surface area contributed by atoms with Crippen LogP contribution in [0, 0.1) is 6.92 Å². The first-order valence-corrected chi connectivity index (χ1v) is 11.9. The van der Waals surface area contributed by atoms with E-state index in [0.29, 0.717) is 18.8 Å². The lowest BCUT2D eigenvalue weighted by Crippen LogP contribution is -2.46. The number of aryl methyl sites for hydroxylation is 1. The van der Waals surface area contributed by atoms with E-state index in [-0.39, 0.29) is 11.3 Å². The highest BCUT2D eigenvalue weighted by molar-refractivity contribution is 9.10. The highest BCUT2D eigenvalue weighted by Crippen LogP contribution is 2.43. The molecule has 0 saturated heterocycles. The van der Waals surface area contributed by atoms with E-state index >= 15 is 0 Å². The number of amides is 1. The third-order valence-electron chi connectivity index (χ3n) is 5.79. The first-order valence-electron chi connectivity index (χ1n) is 10.1. The van der Waals surface area contributed by atoms with E-state index in [1.165, 1.54) is 29.3 Å². The fourth-order valence-electron chi connectivity index (χ4n) is 3.85. The van der Waals surface area contributed by atoms with Gasteiger partial charge in [-0.1, -0.05) is 76.6 Å². The highest BCUT2D eigenvalue weighted by Gasteiger charge is 2.38. The van der Waals surface area contributed by atoms with Gasteiger partial charge in [0.1, 0.15) is 5.82 Å². The second kappa shape index (κ2) is 9.35. The largest absolute Gasteiger partial charge is 0.354 e. The molecule has 1 heterocycles. The number of rotatable bonds is 8. The van der Waals surface area contributed by atoms with Crippen molar-refractivity contribution in [2.75, 3.05) is 12.3 Å². The van der Waals surface area contributed by atoms with Crippen LogP contribution in [-0.4, -0.2) is 33.0 Å². The number of hydrogen-bond donors (Lipinski definition) is 1. The molecule has 2 aromatic carbocycles. The lowest BCUT2D eigenvalue weighted by molar-refractivity contribution is -0.119. The fourth-order valence-corrected chi connectivity index (χ4v) is 5.07. The quantitative estimate of drug-likeness (QED) is 0.469. The van der Waals surface area contributed by atoms with Crippen LogP contribution in [0.4, 0.5) is 0 Å². The van der Waals surface area contributed by atoms with Crippen molar-refractivity contribution in [2.24, 2.45) is 0 Å². The molecule has 1 saturated carbocycles. The van der Waals surface area contributed by atoms with Crippen molar-refractivity contribution < 1.29 is 4.79 Å². The number of benzene rings is 2. The Kier molecular flexibility index (Phi) is 6.58. The minimum atomic E-state index is 0.0354. The summed E-state index contributed by atoms with van der Waals surface area (Å²) in [4.78, 5) is 12.6. The Morgan fingerprint density at radius 1 is 1.17 bits per heavy atom.